The third-order valence-electron chi connectivity index (χ3n) is 3.93. The number of carbonyl (C=O) groups is 2. The van der Waals surface area contributed by atoms with Crippen LogP contribution in [0.25, 0.3) is 11.6 Å². The molecule has 0 bridgehead atoms. The Morgan fingerprint density at radius 2 is 1.75 bits per heavy atom. The summed E-state index contributed by atoms with van der Waals surface area (Å²) in [4.78, 5) is 24.6. The summed E-state index contributed by atoms with van der Waals surface area (Å²) in [5, 5.41) is 2.69. The summed E-state index contributed by atoms with van der Waals surface area (Å²) in [5.41, 5.74) is -0.747. The van der Waals surface area contributed by atoms with Crippen molar-refractivity contribution >= 4 is 35.1 Å². The molecule has 28 heavy (non-hydrogen) atoms. The molecule has 1 N–H and O–H groups in total. The summed E-state index contributed by atoms with van der Waals surface area (Å²) in [6, 6.07) is 9.32. The fourth-order valence-corrected chi connectivity index (χ4v) is 2.37. The lowest BCUT2D eigenvalue weighted by molar-refractivity contribution is -0.130. The molecule has 1 fully saturated rings. The van der Waals surface area contributed by atoms with Crippen molar-refractivity contribution < 1.29 is 23.1 Å². The Balaban J connectivity index is 0.00000136. The zero-order valence-electron chi connectivity index (χ0n) is 15.7. The van der Waals surface area contributed by atoms with Crippen molar-refractivity contribution in [2.45, 2.75) is 26.4 Å². The van der Waals surface area contributed by atoms with E-state index in [1.807, 2.05) is 13.8 Å². The fraction of sp³-hybridized carbons (Fsp3) is 0.238. The van der Waals surface area contributed by atoms with E-state index in [9.17, 15) is 18.4 Å². The van der Waals surface area contributed by atoms with Crippen LogP contribution in [-0.4, -0.2) is 24.0 Å². The van der Waals surface area contributed by atoms with Gasteiger partial charge in [-0.05, 0) is 42.8 Å². The van der Waals surface area contributed by atoms with Crippen molar-refractivity contribution in [3.63, 3.8) is 0 Å². The van der Waals surface area contributed by atoms with Gasteiger partial charge in [-0.1, -0.05) is 37.6 Å². The molecule has 0 radical (unpaired) electrons. The van der Waals surface area contributed by atoms with Crippen molar-refractivity contribution in [1.82, 2.24) is 5.32 Å². The van der Waals surface area contributed by atoms with Crippen LogP contribution in [0, 0.1) is 11.6 Å². The van der Waals surface area contributed by atoms with Gasteiger partial charge in [-0.15, -0.1) is 0 Å². The van der Waals surface area contributed by atoms with Gasteiger partial charge in [0.15, 0.2) is 5.60 Å². The molecule has 1 unspecified atom stereocenters. The van der Waals surface area contributed by atoms with Gasteiger partial charge < -0.3 is 4.74 Å². The monoisotopic (exact) mass is 407 g/mol. The predicted molar refractivity (Wildman–Crippen MR) is 105 cm³/mol. The van der Waals surface area contributed by atoms with E-state index in [4.69, 9.17) is 16.3 Å². The molecule has 1 heterocycles. The first-order valence-corrected chi connectivity index (χ1v) is 9.09. The van der Waals surface area contributed by atoms with Gasteiger partial charge in [0.2, 0.25) is 0 Å². The maximum atomic E-state index is 14.2. The Morgan fingerprint density at radius 1 is 1.14 bits per heavy atom. The molecule has 4 nitrogen and oxygen atoms in total. The average Bonchev–Trinajstić information content (AvgIpc) is 3.42. The first-order chi connectivity index (χ1) is 13.3. The minimum atomic E-state index is -1.05. The van der Waals surface area contributed by atoms with Gasteiger partial charge in [-0.25, -0.2) is 8.78 Å². The molecule has 0 aromatic heterocycles. The lowest BCUT2D eigenvalue weighted by Crippen LogP contribution is -2.39. The molecule has 2 aromatic carbocycles. The summed E-state index contributed by atoms with van der Waals surface area (Å²) in [7, 11) is 0. The van der Waals surface area contributed by atoms with E-state index >= 15 is 0 Å². The number of carbonyl (C=O) groups excluding carboxylic acids is 2. The van der Waals surface area contributed by atoms with Crippen LogP contribution in [0.2, 0.25) is 5.02 Å². The number of halogens is 3. The zero-order chi connectivity index (χ0) is 20.9. The van der Waals surface area contributed by atoms with Crippen LogP contribution in [-0.2, 0) is 14.3 Å². The van der Waals surface area contributed by atoms with E-state index in [0.717, 1.165) is 12.1 Å². The van der Waals surface area contributed by atoms with Crippen LogP contribution in [0.4, 0.5) is 8.78 Å². The Kier molecular flexibility index (Phi) is 7.05. The molecule has 2 aromatic rings. The minimum Gasteiger partial charge on any atom is -0.359 e. The molecule has 1 saturated heterocycles. The number of hydrogen-bond donors (Lipinski definition) is 1. The van der Waals surface area contributed by atoms with Crippen LogP contribution in [0.15, 0.2) is 42.5 Å². The van der Waals surface area contributed by atoms with Gasteiger partial charge in [-0.2, -0.15) is 0 Å². The second kappa shape index (κ2) is 9.08. The molecule has 1 aliphatic heterocycles. The predicted octanol–water partition coefficient (Wildman–Crippen LogP) is 4.62. The molecule has 3 rings (SSSR count). The van der Waals surface area contributed by atoms with Gasteiger partial charge >= 0.3 is 0 Å². The Hall–Kier alpha value is -2.57. The highest BCUT2D eigenvalue weighted by atomic mass is 35.5. The third kappa shape index (κ3) is 5.24. The molecular weight excluding hydrogens is 388 g/mol. The molecule has 7 heteroatoms. The van der Waals surface area contributed by atoms with Crippen LogP contribution < -0.4 is 5.32 Å². The van der Waals surface area contributed by atoms with Crippen LogP contribution >= 0.6 is 11.6 Å². The molecule has 1 aliphatic rings. The number of hydrogen-bond acceptors (Lipinski definition) is 3. The lowest BCUT2D eigenvalue weighted by atomic mass is 10.0. The van der Waals surface area contributed by atoms with E-state index < -0.39 is 29.0 Å². The van der Waals surface area contributed by atoms with Gasteiger partial charge in [0.1, 0.15) is 11.6 Å². The normalized spacial score (nSPS) is 18.0. The topological polar surface area (TPSA) is 58.7 Å². The van der Waals surface area contributed by atoms with Gasteiger partial charge in [0, 0.05) is 16.7 Å². The summed E-state index contributed by atoms with van der Waals surface area (Å²) >= 11 is 5.84. The smallest absolute Gasteiger partial charge is 0.261 e. The maximum Gasteiger partial charge on any atom is 0.261 e. The molecule has 148 valence electrons. The highest BCUT2D eigenvalue weighted by Crippen LogP contribution is 2.27. The van der Waals surface area contributed by atoms with Gasteiger partial charge in [-0.3, -0.25) is 14.9 Å². The highest BCUT2D eigenvalue weighted by molar-refractivity contribution is 6.31. The van der Waals surface area contributed by atoms with E-state index in [0.29, 0.717) is 16.7 Å². The van der Waals surface area contributed by atoms with Crippen LogP contribution in [0.3, 0.4) is 0 Å². The Morgan fingerprint density at radius 3 is 2.29 bits per heavy atom. The van der Waals surface area contributed by atoms with Crippen molar-refractivity contribution in [3.8, 4) is 0 Å². The molecule has 1 atom stereocenters. The zero-order valence-corrected chi connectivity index (χ0v) is 16.4. The standard InChI is InChI=1S/C19H14ClF2NO3.C2H6/c1-19(10-26-19)18(25)23-17(24)15(8-11-2-4-12(20)5-3-11)14-7-6-13(21)9-16(14)22;1-2/h2-9H,10H2,1H3,(H,23,24,25);1-2H3/b15-8+;. The first-order valence-electron chi connectivity index (χ1n) is 8.71. The molecular formula is C21H20ClF2NO3. The Labute approximate surface area is 167 Å². The fourth-order valence-electron chi connectivity index (χ4n) is 2.24. The SMILES string of the molecule is CC.CC1(C(=O)NC(=O)/C(=C/c2ccc(Cl)cc2)c2ccc(F)cc2F)CO1. The number of imide groups is 1. The van der Waals surface area contributed by atoms with Crippen molar-refractivity contribution in [3.05, 3.63) is 70.2 Å². The van der Waals surface area contributed by atoms with Gasteiger partial charge in [0.25, 0.3) is 11.8 Å². The molecule has 0 spiro atoms. The van der Waals surface area contributed by atoms with Gasteiger partial charge in [0.05, 0.1) is 12.2 Å². The number of benzene rings is 2. The van der Waals surface area contributed by atoms with Crippen molar-refractivity contribution in [1.29, 1.82) is 0 Å². The highest BCUT2D eigenvalue weighted by Gasteiger charge is 2.48. The maximum absolute atomic E-state index is 14.2. The molecule has 0 saturated carbocycles. The largest absolute Gasteiger partial charge is 0.359 e. The van der Waals surface area contributed by atoms with Crippen molar-refractivity contribution in [2.75, 3.05) is 6.61 Å². The first kappa shape index (κ1) is 21.7. The van der Waals surface area contributed by atoms with Crippen molar-refractivity contribution in [2.24, 2.45) is 0 Å². The molecule has 2 amide bonds. The Bertz CT molecular complexity index is 906. The van der Waals surface area contributed by atoms with E-state index in [2.05, 4.69) is 5.32 Å². The summed E-state index contributed by atoms with van der Waals surface area (Å²) in [6.45, 7) is 5.74. The number of amides is 2. The lowest BCUT2D eigenvalue weighted by Gasteiger charge is -2.11. The van der Waals surface area contributed by atoms with E-state index in [1.165, 1.54) is 13.0 Å². The van der Waals surface area contributed by atoms with E-state index in [1.54, 1.807) is 24.3 Å². The summed E-state index contributed by atoms with van der Waals surface area (Å²) < 4.78 is 32.4. The molecule has 0 aliphatic carbocycles. The quantitative estimate of drug-likeness (QED) is 0.457. The third-order valence-corrected chi connectivity index (χ3v) is 4.18. The van der Waals surface area contributed by atoms with Crippen LogP contribution in [0.5, 0.6) is 0 Å². The number of ether oxygens (including phenoxy) is 1. The average molecular weight is 408 g/mol. The second-order valence-corrected chi connectivity index (χ2v) is 6.47. The van der Waals surface area contributed by atoms with E-state index in [-0.39, 0.29) is 17.7 Å². The number of nitrogens with one attached hydrogen (secondary N) is 1. The number of epoxide rings is 1. The summed E-state index contributed by atoms with van der Waals surface area (Å²) in [5.74, 6) is -3.12. The second-order valence-electron chi connectivity index (χ2n) is 6.04. The minimum absolute atomic E-state index is 0.123. The number of rotatable bonds is 4. The van der Waals surface area contributed by atoms with Crippen LogP contribution in [0.1, 0.15) is 31.9 Å². The summed E-state index contributed by atoms with van der Waals surface area (Å²) in [6.07, 6.45) is 1.39.